The number of carboxylic acid groups (broad SMARTS) is 1. The Morgan fingerprint density at radius 3 is 1.63 bits per heavy atom. The van der Waals surface area contributed by atoms with E-state index >= 15 is 0 Å². The molecule has 0 radical (unpaired) electrons. The van der Waals surface area contributed by atoms with E-state index in [0.717, 1.165) is 27.4 Å². The van der Waals surface area contributed by atoms with Crippen molar-refractivity contribution in [3.8, 4) is 0 Å². The first-order valence-corrected chi connectivity index (χ1v) is 15.7. The Labute approximate surface area is 279 Å². The molecule has 15 nitrogen and oxygen atoms in total. The van der Waals surface area contributed by atoms with Gasteiger partial charge in [0.05, 0.1) is 18.7 Å². The van der Waals surface area contributed by atoms with Gasteiger partial charge in [0, 0.05) is 83.7 Å². The number of nitrogens with one attached hydrogen (secondary N) is 7. The molecule has 2 aromatic carbocycles. The van der Waals surface area contributed by atoms with Gasteiger partial charge in [-0.2, -0.15) is 0 Å². The molecule has 0 aliphatic carbocycles. The van der Waals surface area contributed by atoms with Gasteiger partial charge in [0.2, 0.25) is 17.7 Å². The summed E-state index contributed by atoms with van der Waals surface area (Å²) in [6.07, 6.45) is 9.67. The molecule has 0 spiro atoms. The molecule has 4 atom stereocenters. The molecule has 6 rings (SSSR count). The fourth-order valence-corrected chi connectivity index (χ4v) is 5.83. The van der Waals surface area contributed by atoms with Crippen LogP contribution >= 0.6 is 0 Å². The summed E-state index contributed by atoms with van der Waals surface area (Å²) in [4.78, 5) is 73.5. The van der Waals surface area contributed by atoms with Crippen molar-refractivity contribution in [1.82, 2.24) is 45.9 Å². The number of amides is 3. The number of aromatic nitrogens is 6. The first-order chi connectivity index (χ1) is 23.7. The quantitative estimate of drug-likeness (QED) is 0.0772. The highest BCUT2D eigenvalue weighted by molar-refractivity contribution is 5.95. The number of carbonyl (C=O) groups is 4. The summed E-state index contributed by atoms with van der Waals surface area (Å²) in [6.45, 7) is 0. The van der Waals surface area contributed by atoms with E-state index in [-0.39, 0.29) is 25.7 Å². The molecule has 0 saturated heterocycles. The lowest BCUT2D eigenvalue weighted by molar-refractivity contribution is -0.142. The Balaban J connectivity index is 1.23. The molecule has 10 N–H and O–H groups in total. The highest BCUT2D eigenvalue weighted by atomic mass is 16.4. The zero-order chi connectivity index (χ0) is 34.3. The average Bonchev–Trinajstić information content (AvgIpc) is 3.93. The van der Waals surface area contributed by atoms with Crippen LogP contribution in [0.4, 0.5) is 0 Å². The minimum Gasteiger partial charge on any atom is -0.480 e. The molecular formula is C34H36N10O5. The van der Waals surface area contributed by atoms with Crippen molar-refractivity contribution in [3.05, 3.63) is 108 Å². The molecule has 49 heavy (non-hydrogen) atoms. The number of hydrogen-bond donors (Lipinski definition) is 9. The number of rotatable bonds is 15. The van der Waals surface area contributed by atoms with Crippen molar-refractivity contribution in [2.45, 2.75) is 49.9 Å². The Morgan fingerprint density at radius 2 is 1.10 bits per heavy atom. The van der Waals surface area contributed by atoms with Crippen LogP contribution in [0.15, 0.2) is 86.0 Å². The lowest BCUT2D eigenvalue weighted by atomic mass is 10.0. The molecule has 252 valence electrons. The number of carboxylic acids is 1. The number of aliphatic carboxylic acids is 1. The number of H-pyrrole nitrogens is 4. The van der Waals surface area contributed by atoms with Crippen molar-refractivity contribution in [3.63, 3.8) is 0 Å². The number of nitrogens with zero attached hydrogens (tertiary/aromatic N) is 2. The maximum absolute atomic E-state index is 14.0. The van der Waals surface area contributed by atoms with E-state index in [1.54, 1.807) is 18.6 Å². The normalized spacial score (nSPS) is 13.8. The van der Waals surface area contributed by atoms with Crippen LogP contribution in [0.3, 0.4) is 0 Å². The highest BCUT2D eigenvalue weighted by Crippen LogP contribution is 2.21. The van der Waals surface area contributed by atoms with E-state index in [4.69, 9.17) is 5.73 Å². The predicted octanol–water partition coefficient (Wildman–Crippen LogP) is 1.23. The van der Waals surface area contributed by atoms with Gasteiger partial charge in [0.15, 0.2) is 0 Å². The minimum absolute atomic E-state index is 0.00325. The smallest absolute Gasteiger partial charge is 0.326 e. The van der Waals surface area contributed by atoms with Gasteiger partial charge < -0.3 is 46.7 Å². The van der Waals surface area contributed by atoms with Crippen LogP contribution in [0.5, 0.6) is 0 Å². The molecule has 15 heteroatoms. The Kier molecular flexibility index (Phi) is 9.80. The number of benzene rings is 2. The third-order valence-corrected chi connectivity index (χ3v) is 8.39. The van der Waals surface area contributed by atoms with E-state index in [9.17, 15) is 24.3 Å². The van der Waals surface area contributed by atoms with Gasteiger partial charge in [-0.15, -0.1) is 0 Å². The molecular weight excluding hydrogens is 628 g/mol. The maximum Gasteiger partial charge on any atom is 0.326 e. The molecule has 0 fully saturated rings. The number of imidazole rings is 2. The molecule has 4 heterocycles. The number of fused-ring (bicyclic) bond motifs is 2. The lowest BCUT2D eigenvalue weighted by Crippen LogP contribution is -2.58. The first kappa shape index (κ1) is 32.7. The fraction of sp³-hybridized carbons (Fsp3) is 0.235. The van der Waals surface area contributed by atoms with Crippen LogP contribution in [0, 0.1) is 0 Å². The second-order valence-electron chi connectivity index (χ2n) is 11.8. The predicted molar refractivity (Wildman–Crippen MR) is 180 cm³/mol. The second-order valence-corrected chi connectivity index (χ2v) is 11.8. The Hall–Kier alpha value is -6.22. The van der Waals surface area contributed by atoms with E-state index in [0.29, 0.717) is 17.0 Å². The van der Waals surface area contributed by atoms with Crippen LogP contribution < -0.4 is 21.7 Å². The zero-order valence-corrected chi connectivity index (χ0v) is 26.3. The van der Waals surface area contributed by atoms with Crippen LogP contribution in [-0.2, 0) is 44.9 Å². The largest absolute Gasteiger partial charge is 0.480 e. The van der Waals surface area contributed by atoms with E-state index in [2.05, 4.69) is 45.9 Å². The molecule has 4 unspecified atom stereocenters. The van der Waals surface area contributed by atoms with Crippen molar-refractivity contribution < 1.29 is 24.3 Å². The van der Waals surface area contributed by atoms with Crippen molar-refractivity contribution >= 4 is 45.5 Å². The third-order valence-electron chi connectivity index (χ3n) is 8.39. The summed E-state index contributed by atoms with van der Waals surface area (Å²) in [5.41, 5.74) is 10.5. The van der Waals surface area contributed by atoms with Gasteiger partial charge in [-0.05, 0) is 23.3 Å². The van der Waals surface area contributed by atoms with Gasteiger partial charge in [-0.1, -0.05) is 36.4 Å². The monoisotopic (exact) mass is 664 g/mol. The number of para-hydroxylation sites is 2. The van der Waals surface area contributed by atoms with Crippen molar-refractivity contribution in [1.29, 1.82) is 0 Å². The minimum atomic E-state index is -1.30. The van der Waals surface area contributed by atoms with Crippen molar-refractivity contribution in [2.24, 2.45) is 5.73 Å². The van der Waals surface area contributed by atoms with Gasteiger partial charge >= 0.3 is 5.97 Å². The average molecular weight is 665 g/mol. The zero-order valence-electron chi connectivity index (χ0n) is 26.3. The van der Waals surface area contributed by atoms with Gasteiger partial charge in [0.1, 0.15) is 18.1 Å². The van der Waals surface area contributed by atoms with E-state index in [1.807, 2.05) is 48.5 Å². The summed E-state index contributed by atoms with van der Waals surface area (Å²) in [7, 11) is 0. The van der Waals surface area contributed by atoms with E-state index < -0.39 is 47.9 Å². The molecule has 0 bridgehead atoms. The second kappa shape index (κ2) is 14.7. The SMILES string of the molecule is NC(Cc1cnc[nH]1)C(=O)NC(Cc1c[nH]c2ccccc12)C(=O)NC(Cc1cnc[nH]1)C(=O)NC(Cc1c[nH]c2ccccc12)C(=O)O. The van der Waals surface area contributed by atoms with E-state index in [1.165, 1.54) is 18.9 Å². The van der Waals surface area contributed by atoms with Crippen LogP contribution in [-0.4, -0.2) is 82.9 Å². The topological polar surface area (TPSA) is 240 Å². The number of aromatic amines is 4. The lowest BCUT2D eigenvalue weighted by Gasteiger charge is -2.25. The Morgan fingerprint density at radius 1 is 0.633 bits per heavy atom. The number of carbonyl (C=O) groups excluding carboxylic acids is 3. The molecule has 6 aromatic rings. The summed E-state index contributed by atoms with van der Waals surface area (Å²) < 4.78 is 0. The Bertz CT molecular complexity index is 2050. The summed E-state index contributed by atoms with van der Waals surface area (Å²) >= 11 is 0. The summed E-state index contributed by atoms with van der Waals surface area (Å²) in [5.74, 6) is -3.19. The number of nitrogens with two attached hydrogens (primary N) is 1. The van der Waals surface area contributed by atoms with Crippen LogP contribution in [0.25, 0.3) is 21.8 Å². The van der Waals surface area contributed by atoms with Gasteiger partial charge in [-0.25, -0.2) is 14.8 Å². The van der Waals surface area contributed by atoms with Gasteiger partial charge in [-0.3, -0.25) is 14.4 Å². The third kappa shape index (κ3) is 7.85. The summed E-state index contributed by atoms with van der Waals surface area (Å²) in [5, 5.41) is 19.9. The molecule has 4 aromatic heterocycles. The van der Waals surface area contributed by atoms with Gasteiger partial charge in [0.25, 0.3) is 0 Å². The molecule has 0 saturated carbocycles. The number of hydrogen-bond acceptors (Lipinski definition) is 7. The summed E-state index contributed by atoms with van der Waals surface area (Å²) in [6, 6.07) is 10.3. The fourth-order valence-electron chi connectivity index (χ4n) is 5.83. The van der Waals surface area contributed by atoms with Crippen LogP contribution in [0.2, 0.25) is 0 Å². The molecule has 0 aliphatic heterocycles. The first-order valence-electron chi connectivity index (χ1n) is 15.7. The highest BCUT2D eigenvalue weighted by Gasteiger charge is 2.32. The maximum atomic E-state index is 14.0. The van der Waals surface area contributed by atoms with Crippen LogP contribution in [0.1, 0.15) is 22.5 Å². The standard InChI is InChI=1S/C34H36N10O5/c35-25(11-21-15-36-17-40-21)31(45)42-28(9-19-13-38-26-7-3-1-5-23(19)26)32(46)43-29(12-22-16-37-18-41-22)33(47)44-30(34(48)49)10-20-14-39-27-8-4-2-6-24(20)27/h1-8,13-18,25,28-30,38-39H,9-12,35H2,(H,36,40)(H,37,41)(H,42,45)(H,43,46)(H,44,47)(H,48,49). The molecule has 3 amide bonds. The molecule has 0 aliphatic rings. The van der Waals surface area contributed by atoms with Crippen molar-refractivity contribution in [2.75, 3.05) is 0 Å².